The van der Waals surface area contributed by atoms with Gasteiger partial charge in [-0.3, -0.25) is 4.79 Å². The van der Waals surface area contributed by atoms with Crippen molar-refractivity contribution in [3.63, 3.8) is 0 Å². The van der Waals surface area contributed by atoms with Crippen molar-refractivity contribution in [1.29, 1.82) is 0 Å². The summed E-state index contributed by atoms with van der Waals surface area (Å²) in [5.41, 5.74) is 1.69. The fourth-order valence-corrected chi connectivity index (χ4v) is 3.41. The summed E-state index contributed by atoms with van der Waals surface area (Å²) in [4.78, 5) is 29.6. The molecule has 1 saturated heterocycles. The van der Waals surface area contributed by atoms with Gasteiger partial charge in [0.25, 0.3) is 5.91 Å². The number of rotatable bonds is 6. The van der Waals surface area contributed by atoms with Gasteiger partial charge in [-0.2, -0.15) is 0 Å². The Morgan fingerprint density at radius 2 is 1.96 bits per heavy atom. The van der Waals surface area contributed by atoms with Crippen LogP contribution in [-0.4, -0.2) is 66.9 Å². The van der Waals surface area contributed by atoms with E-state index in [0.717, 1.165) is 12.8 Å². The van der Waals surface area contributed by atoms with Crippen LogP contribution in [0.3, 0.4) is 0 Å². The molecule has 0 aromatic carbocycles. The van der Waals surface area contributed by atoms with Gasteiger partial charge in [-0.15, -0.1) is 0 Å². The Bertz CT molecular complexity index is 632. The van der Waals surface area contributed by atoms with Gasteiger partial charge in [0.1, 0.15) is 5.69 Å². The van der Waals surface area contributed by atoms with Crippen LogP contribution in [0.15, 0.2) is 0 Å². The van der Waals surface area contributed by atoms with Crippen LogP contribution in [-0.2, 0) is 9.47 Å². The standard InChI is InChI=1S/C18H28N2O5/c1-5-25-17(23)14-12(2)15(19-13(14)3)16(22)20(4)10-18(11-21)6-8-24-9-7-18/h19,21H,5-11H2,1-4H3. The van der Waals surface area contributed by atoms with E-state index in [4.69, 9.17) is 9.47 Å². The Labute approximate surface area is 148 Å². The lowest BCUT2D eigenvalue weighted by molar-refractivity contribution is -0.0283. The van der Waals surface area contributed by atoms with Crippen LogP contribution in [0.5, 0.6) is 0 Å². The molecule has 1 aliphatic rings. The number of nitrogens with zero attached hydrogens (tertiary/aromatic N) is 1. The zero-order valence-electron chi connectivity index (χ0n) is 15.5. The molecule has 0 unspecified atom stereocenters. The van der Waals surface area contributed by atoms with E-state index in [0.29, 0.717) is 42.3 Å². The highest BCUT2D eigenvalue weighted by Crippen LogP contribution is 2.31. The number of aliphatic hydroxyl groups is 1. The van der Waals surface area contributed by atoms with E-state index >= 15 is 0 Å². The van der Waals surface area contributed by atoms with E-state index in [1.54, 1.807) is 32.7 Å². The number of aromatic amines is 1. The van der Waals surface area contributed by atoms with Gasteiger partial charge in [0.05, 0.1) is 18.8 Å². The number of aromatic nitrogens is 1. The van der Waals surface area contributed by atoms with Crippen molar-refractivity contribution in [3.05, 3.63) is 22.5 Å². The highest BCUT2D eigenvalue weighted by atomic mass is 16.5. The van der Waals surface area contributed by atoms with Gasteiger partial charge in [-0.25, -0.2) is 4.79 Å². The first-order chi connectivity index (χ1) is 11.8. The molecular formula is C18H28N2O5. The molecule has 140 valence electrons. The van der Waals surface area contributed by atoms with E-state index < -0.39 is 5.97 Å². The summed E-state index contributed by atoms with van der Waals surface area (Å²) in [6.07, 6.45) is 1.44. The van der Waals surface area contributed by atoms with Crippen molar-refractivity contribution in [1.82, 2.24) is 9.88 Å². The van der Waals surface area contributed by atoms with Crippen molar-refractivity contribution in [2.45, 2.75) is 33.6 Å². The third kappa shape index (κ3) is 4.04. The molecule has 0 atom stereocenters. The molecule has 0 saturated carbocycles. The maximum atomic E-state index is 12.9. The Morgan fingerprint density at radius 1 is 1.32 bits per heavy atom. The number of nitrogens with one attached hydrogen (secondary N) is 1. The number of ether oxygens (including phenoxy) is 2. The molecule has 0 spiro atoms. The second-order valence-electron chi connectivity index (χ2n) is 6.78. The smallest absolute Gasteiger partial charge is 0.340 e. The van der Waals surface area contributed by atoms with Crippen LogP contribution in [0.1, 0.15) is 51.9 Å². The van der Waals surface area contributed by atoms with E-state index in [2.05, 4.69) is 4.98 Å². The van der Waals surface area contributed by atoms with E-state index in [-0.39, 0.29) is 24.5 Å². The summed E-state index contributed by atoms with van der Waals surface area (Å²) in [5.74, 6) is -0.623. The van der Waals surface area contributed by atoms with Crippen molar-refractivity contribution in [3.8, 4) is 0 Å². The van der Waals surface area contributed by atoms with E-state index in [9.17, 15) is 14.7 Å². The van der Waals surface area contributed by atoms with Crippen LogP contribution >= 0.6 is 0 Å². The number of esters is 1. The Balaban J connectivity index is 2.19. The Hall–Kier alpha value is -1.86. The quantitative estimate of drug-likeness (QED) is 0.760. The van der Waals surface area contributed by atoms with E-state index in [1.807, 2.05) is 0 Å². The average molecular weight is 352 g/mol. The first-order valence-corrected chi connectivity index (χ1v) is 8.65. The maximum Gasteiger partial charge on any atom is 0.340 e. The summed E-state index contributed by atoms with van der Waals surface area (Å²) in [6.45, 7) is 7.18. The summed E-state index contributed by atoms with van der Waals surface area (Å²) < 4.78 is 10.4. The highest BCUT2D eigenvalue weighted by Gasteiger charge is 2.35. The SMILES string of the molecule is CCOC(=O)c1c(C)[nH]c(C(=O)N(C)CC2(CO)CCOCC2)c1C. The average Bonchev–Trinajstić information content (AvgIpc) is 2.89. The number of aliphatic hydroxyl groups excluding tert-OH is 1. The summed E-state index contributed by atoms with van der Waals surface area (Å²) in [5, 5.41) is 9.81. The Kier molecular flexibility index (Phi) is 6.24. The predicted molar refractivity (Wildman–Crippen MR) is 92.8 cm³/mol. The van der Waals surface area contributed by atoms with Crippen LogP contribution < -0.4 is 0 Å². The fraction of sp³-hybridized carbons (Fsp3) is 0.667. The van der Waals surface area contributed by atoms with Gasteiger partial charge < -0.3 is 24.5 Å². The van der Waals surface area contributed by atoms with Crippen molar-refractivity contribution < 1.29 is 24.2 Å². The molecule has 2 N–H and O–H groups in total. The molecule has 7 heteroatoms. The highest BCUT2D eigenvalue weighted by molar-refractivity contribution is 6.00. The number of carbonyl (C=O) groups is 2. The summed E-state index contributed by atoms with van der Waals surface area (Å²) >= 11 is 0. The first-order valence-electron chi connectivity index (χ1n) is 8.65. The normalized spacial score (nSPS) is 16.5. The van der Waals surface area contributed by atoms with Crippen LogP contribution in [0.2, 0.25) is 0 Å². The van der Waals surface area contributed by atoms with Gasteiger partial charge in [-0.1, -0.05) is 0 Å². The molecule has 1 aromatic heterocycles. The third-order valence-corrected chi connectivity index (χ3v) is 4.94. The molecule has 0 bridgehead atoms. The lowest BCUT2D eigenvalue weighted by Crippen LogP contribution is -2.44. The second kappa shape index (κ2) is 8.01. The molecule has 0 radical (unpaired) electrons. The van der Waals surface area contributed by atoms with Gasteiger partial charge in [0.2, 0.25) is 0 Å². The van der Waals surface area contributed by atoms with Crippen molar-refractivity contribution in [2.24, 2.45) is 5.41 Å². The minimum atomic E-state index is -0.424. The van der Waals surface area contributed by atoms with Gasteiger partial charge in [0.15, 0.2) is 0 Å². The number of aryl methyl sites for hydroxylation is 1. The molecule has 1 aliphatic heterocycles. The lowest BCUT2D eigenvalue weighted by atomic mass is 9.80. The minimum Gasteiger partial charge on any atom is -0.462 e. The van der Waals surface area contributed by atoms with Crippen molar-refractivity contribution in [2.75, 3.05) is 40.0 Å². The van der Waals surface area contributed by atoms with Gasteiger partial charge in [-0.05, 0) is 39.2 Å². The van der Waals surface area contributed by atoms with Crippen LogP contribution in [0, 0.1) is 19.3 Å². The molecule has 2 heterocycles. The molecule has 0 aliphatic carbocycles. The molecule has 25 heavy (non-hydrogen) atoms. The lowest BCUT2D eigenvalue weighted by Gasteiger charge is -2.38. The number of hydrogen-bond acceptors (Lipinski definition) is 5. The topological polar surface area (TPSA) is 91.9 Å². The zero-order chi connectivity index (χ0) is 18.6. The van der Waals surface area contributed by atoms with Crippen LogP contribution in [0.25, 0.3) is 0 Å². The number of hydrogen-bond donors (Lipinski definition) is 2. The van der Waals surface area contributed by atoms with Gasteiger partial charge in [0, 0.05) is 37.9 Å². The van der Waals surface area contributed by atoms with Crippen LogP contribution in [0.4, 0.5) is 0 Å². The number of H-pyrrole nitrogens is 1. The number of amides is 1. The molecule has 1 fully saturated rings. The first kappa shape index (κ1) is 19.5. The van der Waals surface area contributed by atoms with Gasteiger partial charge >= 0.3 is 5.97 Å². The number of carbonyl (C=O) groups excluding carboxylic acids is 2. The predicted octanol–water partition coefficient (Wildman–Crippen LogP) is 1.67. The molecular weight excluding hydrogens is 324 g/mol. The molecule has 2 rings (SSSR count). The minimum absolute atomic E-state index is 0.0186. The zero-order valence-corrected chi connectivity index (χ0v) is 15.5. The fourth-order valence-electron chi connectivity index (χ4n) is 3.41. The van der Waals surface area contributed by atoms with E-state index in [1.165, 1.54) is 0 Å². The molecule has 1 aromatic rings. The monoisotopic (exact) mass is 352 g/mol. The second-order valence-corrected chi connectivity index (χ2v) is 6.78. The maximum absolute atomic E-state index is 12.9. The molecule has 1 amide bonds. The third-order valence-electron chi connectivity index (χ3n) is 4.94. The van der Waals surface area contributed by atoms with Crippen molar-refractivity contribution >= 4 is 11.9 Å². The Morgan fingerprint density at radius 3 is 2.52 bits per heavy atom. The summed E-state index contributed by atoms with van der Waals surface area (Å²) in [7, 11) is 1.72. The summed E-state index contributed by atoms with van der Waals surface area (Å²) in [6, 6.07) is 0. The largest absolute Gasteiger partial charge is 0.462 e. The molecule has 7 nitrogen and oxygen atoms in total.